The van der Waals surface area contributed by atoms with Crippen molar-refractivity contribution in [2.75, 3.05) is 13.1 Å². The van der Waals surface area contributed by atoms with Gasteiger partial charge in [-0.2, -0.15) is 0 Å². The minimum absolute atomic E-state index is 0.139. The molecule has 0 saturated carbocycles. The third-order valence-electron chi connectivity index (χ3n) is 5.31. The van der Waals surface area contributed by atoms with Crippen molar-refractivity contribution >= 4 is 0 Å². The average Bonchev–Trinajstić information content (AvgIpc) is 2.50. The second-order valence-electron chi connectivity index (χ2n) is 6.37. The van der Waals surface area contributed by atoms with Gasteiger partial charge >= 0.3 is 0 Å². The Labute approximate surface area is 128 Å². The molecule has 1 heterocycles. The molecule has 1 aromatic carbocycles. The molecule has 0 aromatic heterocycles. The number of piperazine rings is 1. The molecule has 1 saturated heterocycles. The summed E-state index contributed by atoms with van der Waals surface area (Å²) in [7, 11) is 0. The molecular formula is C18H29FN2. The van der Waals surface area contributed by atoms with Gasteiger partial charge in [0.25, 0.3) is 0 Å². The number of benzene rings is 1. The lowest BCUT2D eigenvalue weighted by Crippen LogP contribution is -2.63. The third kappa shape index (κ3) is 3.46. The Balaban J connectivity index is 2.23. The molecule has 0 amide bonds. The number of hydrogen-bond donors (Lipinski definition) is 1. The minimum Gasteiger partial charge on any atom is -0.311 e. The van der Waals surface area contributed by atoms with Crippen LogP contribution in [0.4, 0.5) is 4.39 Å². The maximum atomic E-state index is 13.3. The van der Waals surface area contributed by atoms with Gasteiger partial charge in [-0.1, -0.05) is 26.8 Å². The van der Waals surface area contributed by atoms with Crippen LogP contribution in [0.5, 0.6) is 0 Å². The van der Waals surface area contributed by atoms with E-state index in [0.717, 1.165) is 44.5 Å². The molecule has 1 aromatic rings. The lowest BCUT2D eigenvalue weighted by molar-refractivity contribution is 0.0236. The van der Waals surface area contributed by atoms with Crippen LogP contribution >= 0.6 is 0 Å². The van der Waals surface area contributed by atoms with E-state index in [1.54, 1.807) is 12.1 Å². The minimum atomic E-state index is -0.139. The maximum Gasteiger partial charge on any atom is 0.123 e. The van der Waals surface area contributed by atoms with Crippen molar-refractivity contribution in [3.05, 3.63) is 35.1 Å². The molecule has 1 fully saturated rings. The SMILES string of the molecule is CCC1CN(Cc2ccc(F)cc2C)C(CC)(CC)CN1. The predicted octanol–water partition coefficient (Wildman–Crippen LogP) is 3.88. The van der Waals surface area contributed by atoms with Crippen LogP contribution in [0.15, 0.2) is 18.2 Å². The summed E-state index contributed by atoms with van der Waals surface area (Å²) in [5.41, 5.74) is 2.54. The molecular weight excluding hydrogens is 263 g/mol. The van der Waals surface area contributed by atoms with Crippen LogP contribution in [0.25, 0.3) is 0 Å². The fourth-order valence-corrected chi connectivity index (χ4v) is 3.47. The van der Waals surface area contributed by atoms with Crippen LogP contribution in [0.2, 0.25) is 0 Å². The van der Waals surface area contributed by atoms with Crippen molar-refractivity contribution in [3.63, 3.8) is 0 Å². The molecule has 1 aliphatic rings. The summed E-state index contributed by atoms with van der Waals surface area (Å²) in [4.78, 5) is 2.62. The topological polar surface area (TPSA) is 15.3 Å². The monoisotopic (exact) mass is 292 g/mol. The molecule has 2 rings (SSSR count). The van der Waals surface area contributed by atoms with Crippen molar-refractivity contribution in [1.82, 2.24) is 10.2 Å². The predicted molar refractivity (Wildman–Crippen MR) is 86.9 cm³/mol. The fourth-order valence-electron chi connectivity index (χ4n) is 3.47. The molecule has 0 aliphatic carbocycles. The first-order valence-corrected chi connectivity index (χ1v) is 8.28. The van der Waals surface area contributed by atoms with E-state index in [0.29, 0.717) is 6.04 Å². The number of aryl methyl sites for hydroxylation is 1. The molecule has 0 spiro atoms. The second-order valence-corrected chi connectivity index (χ2v) is 6.37. The van der Waals surface area contributed by atoms with E-state index < -0.39 is 0 Å². The molecule has 0 radical (unpaired) electrons. The summed E-state index contributed by atoms with van der Waals surface area (Å²) in [5, 5.41) is 3.70. The summed E-state index contributed by atoms with van der Waals surface area (Å²) >= 11 is 0. The summed E-state index contributed by atoms with van der Waals surface area (Å²) in [5.74, 6) is -0.139. The highest BCUT2D eigenvalue weighted by Crippen LogP contribution is 2.30. The zero-order valence-corrected chi connectivity index (χ0v) is 13.9. The van der Waals surface area contributed by atoms with E-state index in [2.05, 4.69) is 31.0 Å². The van der Waals surface area contributed by atoms with E-state index in [1.807, 2.05) is 13.0 Å². The number of nitrogens with one attached hydrogen (secondary N) is 1. The van der Waals surface area contributed by atoms with Crippen LogP contribution in [0.3, 0.4) is 0 Å². The molecule has 1 N–H and O–H groups in total. The molecule has 118 valence electrons. The normalized spacial score (nSPS) is 22.4. The Morgan fingerprint density at radius 3 is 2.57 bits per heavy atom. The molecule has 1 aliphatic heterocycles. The summed E-state index contributed by atoms with van der Waals surface area (Å²) in [6, 6.07) is 5.75. The second kappa shape index (κ2) is 6.89. The molecule has 1 atom stereocenters. The van der Waals surface area contributed by atoms with Gasteiger partial charge in [-0.15, -0.1) is 0 Å². The van der Waals surface area contributed by atoms with Crippen molar-refractivity contribution in [1.29, 1.82) is 0 Å². The van der Waals surface area contributed by atoms with E-state index in [1.165, 1.54) is 5.56 Å². The van der Waals surface area contributed by atoms with E-state index >= 15 is 0 Å². The van der Waals surface area contributed by atoms with Crippen LogP contribution in [-0.4, -0.2) is 29.6 Å². The van der Waals surface area contributed by atoms with E-state index in [-0.39, 0.29) is 11.4 Å². The van der Waals surface area contributed by atoms with Gasteiger partial charge in [0.15, 0.2) is 0 Å². The van der Waals surface area contributed by atoms with Crippen LogP contribution in [0.1, 0.15) is 51.2 Å². The van der Waals surface area contributed by atoms with Gasteiger partial charge in [0.1, 0.15) is 5.82 Å². The van der Waals surface area contributed by atoms with Crippen molar-refractivity contribution < 1.29 is 4.39 Å². The molecule has 3 heteroatoms. The third-order valence-corrected chi connectivity index (χ3v) is 5.31. The summed E-state index contributed by atoms with van der Waals surface area (Å²) in [6.45, 7) is 11.9. The lowest BCUT2D eigenvalue weighted by atomic mass is 9.86. The Kier molecular flexibility index (Phi) is 5.39. The quantitative estimate of drug-likeness (QED) is 0.886. The number of hydrogen-bond acceptors (Lipinski definition) is 2. The fraction of sp³-hybridized carbons (Fsp3) is 0.667. The van der Waals surface area contributed by atoms with Gasteiger partial charge in [-0.3, -0.25) is 4.90 Å². The van der Waals surface area contributed by atoms with E-state index in [4.69, 9.17) is 0 Å². The number of nitrogens with zero attached hydrogens (tertiary/aromatic N) is 1. The summed E-state index contributed by atoms with van der Waals surface area (Å²) < 4.78 is 13.3. The largest absolute Gasteiger partial charge is 0.311 e. The number of halogens is 1. The van der Waals surface area contributed by atoms with Crippen molar-refractivity contribution in [2.24, 2.45) is 0 Å². The lowest BCUT2D eigenvalue weighted by Gasteiger charge is -2.50. The Hall–Kier alpha value is -0.930. The Bertz CT molecular complexity index is 468. The molecule has 1 unspecified atom stereocenters. The number of rotatable bonds is 5. The zero-order chi connectivity index (χ0) is 15.5. The zero-order valence-electron chi connectivity index (χ0n) is 13.9. The average molecular weight is 292 g/mol. The molecule has 21 heavy (non-hydrogen) atoms. The first-order chi connectivity index (χ1) is 10.0. The van der Waals surface area contributed by atoms with Gasteiger partial charge in [-0.25, -0.2) is 4.39 Å². The standard InChI is InChI=1S/C18H29FN2/c1-5-17-12-21(18(6-2,7-3)13-20-17)11-15-8-9-16(19)10-14(15)4/h8-10,17,20H,5-7,11-13H2,1-4H3. The highest BCUT2D eigenvalue weighted by molar-refractivity contribution is 5.27. The van der Waals surface area contributed by atoms with Crippen molar-refractivity contribution in [2.45, 2.75) is 65.1 Å². The van der Waals surface area contributed by atoms with Gasteiger partial charge in [0.05, 0.1) is 0 Å². The smallest absolute Gasteiger partial charge is 0.123 e. The van der Waals surface area contributed by atoms with Gasteiger partial charge in [-0.05, 0) is 49.4 Å². The Morgan fingerprint density at radius 1 is 1.29 bits per heavy atom. The van der Waals surface area contributed by atoms with Crippen LogP contribution < -0.4 is 5.32 Å². The van der Waals surface area contributed by atoms with E-state index in [9.17, 15) is 4.39 Å². The first kappa shape index (κ1) is 16.4. The molecule has 0 bridgehead atoms. The highest BCUT2D eigenvalue weighted by Gasteiger charge is 2.38. The highest BCUT2D eigenvalue weighted by atomic mass is 19.1. The molecule has 2 nitrogen and oxygen atoms in total. The van der Waals surface area contributed by atoms with Crippen LogP contribution in [-0.2, 0) is 6.54 Å². The Morgan fingerprint density at radius 2 is 2.00 bits per heavy atom. The first-order valence-electron chi connectivity index (χ1n) is 8.28. The summed E-state index contributed by atoms with van der Waals surface area (Å²) in [6.07, 6.45) is 3.45. The van der Waals surface area contributed by atoms with Gasteiger partial charge in [0, 0.05) is 31.2 Å². The van der Waals surface area contributed by atoms with Crippen molar-refractivity contribution in [3.8, 4) is 0 Å². The van der Waals surface area contributed by atoms with Gasteiger partial charge < -0.3 is 5.32 Å². The maximum absolute atomic E-state index is 13.3. The van der Waals surface area contributed by atoms with Crippen LogP contribution in [0, 0.1) is 12.7 Å². The van der Waals surface area contributed by atoms with Gasteiger partial charge in [0.2, 0.25) is 0 Å².